The molecule has 0 fully saturated rings. The van der Waals surface area contributed by atoms with Gasteiger partial charge in [0.05, 0.1) is 0 Å². The first-order valence-corrected chi connectivity index (χ1v) is 8.83. The summed E-state index contributed by atoms with van der Waals surface area (Å²) in [6, 6.07) is 15.2. The molecule has 1 amide bonds. The molecule has 1 N–H and O–H groups in total. The van der Waals surface area contributed by atoms with Crippen LogP contribution in [0.1, 0.15) is 37.0 Å². The topological polar surface area (TPSA) is 32.3 Å². The highest BCUT2D eigenvalue weighted by molar-refractivity contribution is 5.92. The Morgan fingerprint density at radius 3 is 2.79 bits per heavy atom. The number of aryl methyl sites for hydroxylation is 2. The maximum Gasteiger partial charge on any atom is 0.226 e. The van der Waals surface area contributed by atoms with E-state index >= 15 is 0 Å². The summed E-state index contributed by atoms with van der Waals surface area (Å²) in [5.74, 6) is 0.0931. The molecule has 0 aliphatic carbocycles. The molecule has 2 aromatic carbocycles. The molecule has 3 nitrogen and oxygen atoms in total. The maximum absolute atomic E-state index is 12.5. The third kappa shape index (κ3) is 3.30. The molecule has 1 aliphatic rings. The van der Waals surface area contributed by atoms with Crippen molar-refractivity contribution < 1.29 is 4.79 Å². The van der Waals surface area contributed by atoms with Gasteiger partial charge in [-0.1, -0.05) is 43.3 Å². The van der Waals surface area contributed by atoms with Gasteiger partial charge < -0.3 is 10.2 Å². The van der Waals surface area contributed by atoms with Crippen LogP contribution in [0.15, 0.2) is 42.5 Å². The van der Waals surface area contributed by atoms with Crippen molar-refractivity contribution in [3.05, 3.63) is 59.2 Å². The van der Waals surface area contributed by atoms with E-state index in [1.165, 1.54) is 16.8 Å². The fraction of sp³-hybridized carbons (Fsp3) is 0.381. The van der Waals surface area contributed by atoms with E-state index in [2.05, 4.69) is 54.4 Å². The minimum atomic E-state index is 0.0931. The Kier molecular flexibility index (Phi) is 4.89. The van der Waals surface area contributed by atoms with Gasteiger partial charge in [-0.15, -0.1) is 0 Å². The summed E-state index contributed by atoms with van der Waals surface area (Å²) in [5, 5.41) is 3.13. The molecular formula is C21H26N2O. The maximum atomic E-state index is 12.5. The van der Waals surface area contributed by atoms with Crippen LogP contribution in [0.25, 0.3) is 0 Å². The normalized spacial score (nSPS) is 16.1. The molecule has 0 saturated heterocycles. The second-order valence-electron chi connectivity index (χ2n) is 6.64. The highest BCUT2D eigenvalue weighted by Gasteiger charge is 2.25. The van der Waals surface area contributed by atoms with Crippen LogP contribution in [0, 0.1) is 6.92 Å². The van der Waals surface area contributed by atoms with Gasteiger partial charge in [-0.2, -0.15) is 0 Å². The van der Waals surface area contributed by atoms with E-state index in [0.717, 1.165) is 30.6 Å². The van der Waals surface area contributed by atoms with Crippen LogP contribution < -0.4 is 10.2 Å². The van der Waals surface area contributed by atoms with E-state index in [4.69, 9.17) is 0 Å². The average Bonchev–Trinajstić information content (AvgIpc) is 2.90. The third-order valence-corrected chi connectivity index (χ3v) is 4.93. The van der Waals surface area contributed by atoms with Crippen LogP contribution >= 0.6 is 0 Å². The Morgan fingerprint density at radius 1 is 1.21 bits per heavy atom. The number of rotatable bonds is 5. The smallest absolute Gasteiger partial charge is 0.226 e. The lowest BCUT2D eigenvalue weighted by Crippen LogP contribution is -2.32. The lowest BCUT2D eigenvalue weighted by molar-refractivity contribution is -0.116. The molecule has 1 unspecified atom stereocenters. The molecule has 0 saturated carbocycles. The van der Waals surface area contributed by atoms with E-state index in [1.807, 2.05) is 19.1 Å². The largest absolute Gasteiger partial charge is 0.368 e. The number of hydrogen-bond donors (Lipinski definition) is 1. The molecule has 1 aliphatic heterocycles. The number of nitrogens with zero attached hydrogens (tertiary/aromatic N) is 1. The zero-order valence-electron chi connectivity index (χ0n) is 14.8. The standard InChI is InChI=1S/C21H26N2O/c1-4-17-10-7-8-15(2)21(17)22-20(24)12-13-23-16(3)14-18-9-5-6-11-19(18)23/h5-11,16H,4,12-14H2,1-3H3,(H,22,24). The zero-order chi connectivity index (χ0) is 17.1. The van der Waals surface area contributed by atoms with Gasteiger partial charge >= 0.3 is 0 Å². The Labute approximate surface area is 144 Å². The lowest BCUT2D eigenvalue weighted by atomic mass is 10.1. The number of para-hydroxylation sites is 2. The van der Waals surface area contributed by atoms with Crippen molar-refractivity contribution in [2.24, 2.45) is 0 Å². The van der Waals surface area contributed by atoms with E-state index < -0.39 is 0 Å². The number of hydrogen-bond acceptors (Lipinski definition) is 2. The summed E-state index contributed by atoms with van der Waals surface area (Å²) in [6.07, 6.45) is 2.50. The number of carbonyl (C=O) groups is 1. The highest BCUT2D eigenvalue weighted by Crippen LogP contribution is 2.31. The lowest BCUT2D eigenvalue weighted by Gasteiger charge is -2.24. The van der Waals surface area contributed by atoms with Gasteiger partial charge in [0.25, 0.3) is 0 Å². The predicted octanol–water partition coefficient (Wildman–Crippen LogP) is 4.34. The van der Waals surface area contributed by atoms with Crippen molar-refractivity contribution >= 4 is 17.3 Å². The number of amides is 1. The Hall–Kier alpha value is -2.29. The van der Waals surface area contributed by atoms with E-state index in [9.17, 15) is 4.79 Å². The number of benzene rings is 2. The Morgan fingerprint density at radius 2 is 2.00 bits per heavy atom. The first-order valence-electron chi connectivity index (χ1n) is 8.83. The number of nitrogens with one attached hydrogen (secondary N) is 1. The molecule has 0 aromatic heterocycles. The fourth-order valence-electron chi connectivity index (χ4n) is 3.60. The van der Waals surface area contributed by atoms with Gasteiger partial charge in [-0.05, 0) is 49.4 Å². The zero-order valence-corrected chi connectivity index (χ0v) is 14.8. The Balaban J connectivity index is 1.65. The van der Waals surface area contributed by atoms with Gasteiger partial charge in [0.2, 0.25) is 5.91 Å². The van der Waals surface area contributed by atoms with Crippen LogP contribution in [0.3, 0.4) is 0 Å². The molecule has 0 bridgehead atoms. The van der Waals surface area contributed by atoms with Gasteiger partial charge in [-0.3, -0.25) is 4.79 Å². The molecule has 2 aromatic rings. The summed E-state index contributed by atoms with van der Waals surface area (Å²) < 4.78 is 0. The minimum Gasteiger partial charge on any atom is -0.368 e. The van der Waals surface area contributed by atoms with Gasteiger partial charge in [0, 0.05) is 30.4 Å². The monoisotopic (exact) mass is 322 g/mol. The molecule has 3 rings (SSSR count). The first kappa shape index (κ1) is 16.6. The van der Waals surface area contributed by atoms with Crippen LogP contribution in [0.4, 0.5) is 11.4 Å². The van der Waals surface area contributed by atoms with Gasteiger partial charge in [-0.25, -0.2) is 0 Å². The van der Waals surface area contributed by atoms with Gasteiger partial charge in [0.1, 0.15) is 0 Å². The number of carbonyl (C=O) groups excluding carboxylic acids is 1. The van der Waals surface area contributed by atoms with Crippen LogP contribution in [-0.4, -0.2) is 18.5 Å². The molecule has 0 radical (unpaired) electrons. The van der Waals surface area contributed by atoms with Crippen molar-refractivity contribution in [3.8, 4) is 0 Å². The van der Waals surface area contributed by atoms with Crippen molar-refractivity contribution in [1.29, 1.82) is 0 Å². The molecule has 1 heterocycles. The quantitative estimate of drug-likeness (QED) is 0.888. The minimum absolute atomic E-state index is 0.0931. The molecule has 126 valence electrons. The summed E-state index contributed by atoms with van der Waals surface area (Å²) in [5.41, 5.74) is 5.98. The summed E-state index contributed by atoms with van der Waals surface area (Å²) >= 11 is 0. The van der Waals surface area contributed by atoms with Crippen molar-refractivity contribution in [2.75, 3.05) is 16.8 Å². The molecule has 0 spiro atoms. The van der Waals surface area contributed by atoms with Gasteiger partial charge in [0.15, 0.2) is 0 Å². The number of anilines is 2. The SMILES string of the molecule is CCc1cccc(C)c1NC(=O)CCN1c2ccccc2CC1C. The predicted molar refractivity (Wildman–Crippen MR) is 101 cm³/mol. The first-order chi connectivity index (χ1) is 11.6. The fourth-order valence-corrected chi connectivity index (χ4v) is 3.60. The number of fused-ring (bicyclic) bond motifs is 1. The molecule has 1 atom stereocenters. The molecule has 24 heavy (non-hydrogen) atoms. The van der Waals surface area contributed by atoms with Crippen molar-refractivity contribution in [1.82, 2.24) is 0 Å². The molecular weight excluding hydrogens is 296 g/mol. The van der Waals surface area contributed by atoms with E-state index in [1.54, 1.807) is 0 Å². The molecule has 3 heteroatoms. The second kappa shape index (κ2) is 7.08. The van der Waals surface area contributed by atoms with Crippen molar-refractivity contribution in [3.63, 3.8) is 0 Å². The van der Waals surface area contributed by atoms with E-state index in [-0.39, 0.29) is 5.91 Å². The van der Waals surface area contributed by atoms with Crippen LogP contribution in [0.2, 0.25) is 0 Å². The van der Waals surface area contributed by atoms with E-state index in [0.29, 0.717) is 12.5 Å². The summed E-state index contributed by atoms with van der Waals surface area (Å²) in [4.78, 5) is 14.8. The Bertz CT molecular complexity index is 738. The van der Waals surface area contributed by atoms with Crippen LogP contribution in [-0.2, 0) is 17.6 Å². The second-order valence-corrected chi connectivity index (χ2v) is 6.64. The van der Waals surface area contributed by atoms with Crippen molar-refractivity contribution in [2.45, 2.75) is 46.1 Å². The highest BCUT2D eigenvalue weighted by atomic mass is 16.1. The summed E-state index contributed by atoms with van der Waals surface area (Å²) in [7, 11) is 0. The van der Waals surface area contributed by atoms with Crippen LogP contribution in [0.5, 0.6) is 0 Å². The average molecular weight is 322 g/mol. The summed E-state index contributed by atoms with van der Waals surface area (Å²) in [6.45, 7) is 7.16. The third-order valence-electron chi connectivity index (χ3n) is 4.93.